The van der Waals surface area contributed by atoms with Gasteiger partial charge >= 0.3 is 24.3 Å². The van der Waals surface area contributed by atoms with Gasteiger partial charge in [0.2, 0.25) is 0 Å². The fourth-order valence-electron chi connectivity index (χ4n) is 2.04. The Hall–Kier alpha value is -0.768. The number of allylic oxidation sites excluding steroid dienone is 1. The van der Waals surface area contributed by atoms with Crippen molar-refractivity contribution in [3.63, 3.8) is 0 Å². The third kappa shape index (κ3) is 23.0. The number of anilines is 1. The van der Waals surface area contributed by atoms with Gasteiger partial charge in [-0.25, -0.2) is 0 Å². The van der Waals surface area contributed by atoms with E-state index in [0.29, 0.717) is 6.54 Å². The minimum absolute atomic E-state index is 0. The van der Waals surface area contributed by atoms with Crippen molar-refractivity contribution in [2.24, 2.45) is 5.73 Å². The van der Waals surface area contributed by atoms with Crippen molar-refractivity contribution in [2.45, 2.75) is 40.7 Å². The number of nitrogen functional groups attached to an aromatic ring is 1. The summed E-state index contributed by atoms with van der Waals surface area (Å²) in [5, 5.41) is 4.00. The molecule has 1 aliphatic heterocycles. The first-order valence-corrected chi connectivity index (χ1v) is 14.3. The third-order valence-electron chi connectivity index (χ3n) is 3.73. The van der Waals surface area contributed by atoms with Gasteiger partial charge in [0, 0.05) is 44.9 Å². The van der Waals surface area contributed by atoms with Crippen molar-refractivity contribution in [2.75, 3.05) is 17.7 Å². The Labute approximate surface area is 250 Å². The molecular formula is C28H43N3SWY-2. The van der Waals surface area contributed by atoms with Gasteiger partial charge in [0.05, 0.1) is 0 Å². The predicted octanol–water partition coefficient (Wildman–Crippen LogP) is 7.89. The number of hydrogen-bond acceptors (Lipinski definition) is 3. The molecule has 3 nitrogen and oxygen atoms in total. The second-order valence-corrected chi connectivity index (χ2v) is 7.13. The minimum atomic E-state index is 0. The molecule has 0 amide bonds. The van der Waals surface area contributed by atoms with E-state index < -0.39 is 0 Å². The summed E-state index contributed by atoms with van der Waals surface area (Å²) in [4.78, 5) is 3.33. The number of thioether (sulfide) groups is 1. The van der Waals surface area contributed by atoms with E-state index in [1.165, 1.54) is 37.1 Å². The number of rotatable bonds is 6. The van der Waals surface area contributed by atoms with Crippen LogP contribution in [0.5, 0.6) is 0 Å². The molecule has 1 aliphatic rings. The molecule has 0 aliphatic carbocycles. The second-order valence-electron chi connectivity index (χ2n) is 6.14. The molecule has 0 bridgehead atoms. The van der Waals surface area contributed by atoms with Crippen LogP contribution in [-0.2, 0) is 58.6 Å². The van der Waals surface area contributed by atoms with Gasteiger partial charge < -0.3 is 23.2 Å². The topological polar surface area (TPSA) is 66.1 Å². The monoisotopic (exact) mass is 726 g/mol. The molecular weight excluding hydrogens is 683 g/mol. The summed E-state index contributed by atoms with van der Waals surface area (Å²) in [6.45, 7) is 18.5. The van der Waals surface area contributed by atoms with Crippen molar-refractivity contribution in [3.8, 4) is 0 Å². The van der Waals surface area contributed by atoms with Crippen LogP contribution < -0.4 is 11.5 Å². The van der Waals surface area contributed by atoms with Gasteiger partial charge in [-0.2, -0.15) is 37.0 Å². The van der Waals surface area contributed by atoms with Crippen molar-refractivity contribution in [3.05, 3.63) is 103 Å². The van der Waals surface area contributed by atoms with E-state index in [9.17, 15) is 0 Å². The largest absolute Gasteiger partial charge is 0 e. The maximum absolute atomic E-state index is 5.50. The van der Waals surface area contributed by atoms with E-state index in [4.69, 9.17) is 11.5 Å². The van der Waals surface area contributed by atoms with Gasteiger partial charge in [0.1, 0.15) is 0 Å². The molecule has 0 unspecified atom stereocenters. The van der Waals surface area contributed by atoms with Gasteiger partial charge in [-0.3, -0.25) is 0 Å². The molecule has 1 radical (unpaired) electrons. The van der Waals surface area contributed by atoms with Crippen LogP contribution in [0.2, 0.25) is 0 Å². The van der Waals surface area contributed by atoms with Crippen LogP contribution in [-0.4, -0.2) is 16.9 Å². The number of unbranched alkanes of at least 4 members (excludes halogenated alkanes) is 1. The summed E-state index contributed by atoms with van der Waals surface area (Å²) in [6.07, 6.45) is 7.43. The minimum Gasteiger partial charge on any atom is 0 e. The van der Waals surface area contributed by atoms with Crippen LogP contribution in [0.15, 0.2) is 74.5 Å². The first kappa shape index (κ1) is 40.4. The van der Waals surface area contributed by atoms with Crippen LogP contribution >= 0.6 is 11.8 Å². The summed E-state index contributed by atoms with van der Waals surface area (Å²) in [6, 6.07) is 15.8. The molecule has 0 spiro atoms. The van der Waals surface area contributed by atoms with Gasteiger partial charge in [0.15, 0.2) is 0 Å². The zero-order valence-corrected chi connectivity index (χ0v) is 28.3. The van der Waals surface area contributed by atoms with Crippen LogP contribution in [0.4, 0.5) is 5.69 Å². The van der Waals surface area contributed by atoms with Crippen molar-refractivity contribution < 1.29 is 52.1 Å². The molecule has 2 aromatic rings. The molecule has 2 aromatic carbocycles. The van der Waals surface area contributed by atoms with Gasteiger partial charge in [-0.15, -0.1) is 13.2 Å². The molecule has 6 heteroatoms. The third-order valence-corrected chi connectivity index (χ3v) is 4.37. The maximum atomic E-state index is 5.50. The van der Waals surface area contributed by atoms with Crippen LogP contribution in [0.1, 0.15) is 50.8 Å². The zero-order valence-electron chi connectivity index (χ0n) is 21.7. The summed E-state index contributed by atoms with van der Waals surface area (Å²) in [7, 11) is 0. The van der Waals surface area contributed by atoms with E-state index in [0.717, 1.165) is 28.1 Å². The molecule has 34 heavy (non-hydrogen) atoms. The Bertz CT molecular complexity index is 759. The molecule has 0 saturated carbocycles. The number of nitrogens with two attached hydrogens (primary N) is 2. The first-order chi connectivity index (χ1) is 16.0. The fraction of sp³-hybridized carbons (Fsp3) is 0.286. The van der Waals surface area contributed by atoms with Crippen LogP contribution in [0.25, 0.3) is 16.6 Å². The van der Waals surface area contributed by atoms with E-state index in [1.807, 2.05) is 81.2 Å². The number of nitrogens with zero attached hydrogens (tertiary/aromatic N) is 1. The van der Waals surface area contributed by atoms with Crippen molar-refractivity contribution in [1.82, 2.24) is 0 Å². The second kappa shape index (κ2) is 30.3. The van der Waals surface area contributed by atoms with E-state index in [-0.39, 0.29) is 32.7 Å². The summed E-state index contributed by atoms with van der Waals surface area (Å²) in [5.74, 6) is 1.27. The quantitative estimate of drug-likeness (QED) is 0.138. The molecule has 0 saturated heterocycles. The zero-order chi connectivity index (χ0) is 26.1. The van der Waals surface area contributed by atoms with Crippen molar-refractivity contribution >= 4 is 33.6 Å². The van der Waals surface area contributed by atoms with Gasteiger partial charge in [0.25, 0.3) is 0 Å². The molecule has 0 fully saturated rings. The molecule has 0 aromatic heterocycles. The average Bonchev–Trinajstić information content (AvgIpc) is 3.73. The first-order valence-electron chi connectivity index (χ1n) is 10.8. The molecule has 3 rings (SSSR count). The normalized spacial score (nSPS) is 9.18. The summed E-state index contributed by atoms with van der Waals surface area (Å²) < 4.78 is 0. The smallest absolute Gasteiger partial charge is 0 e. The van der Waals surface area contributed by atoms with Crippen LogP contribution in [0, 0.1) is 6.42 Å². The van der Waals surface area contributed by atoms with E-state index in [1.54, 1.807) is 0 Å². The Balaban J connectivity index is -0.000000182. The number of hydrogen-bond donors (Lipinski definition) is 2. The van der Waals surface area contributed by atoms with Crippen molar-refractivity contribution in [1.29, 1.82) is 0 Å². The van der Waals surface area contributed by atoms with E-state index >= 15 is 0 Å². The molecule has 0 atom stereocenters. The molecule has 187 valence electrons. The molecule has 1 heterocycles. The standard InChI is InChI=1S/C9H9N2.C9H11N.C5H11S.C2H6.C2H4.CH2.W.Y/c10-5-7-2-1-3-8(4-7)9-6-11-9;1-7(2)8-3-5-9(10)6-4-8;1-3-4-5-6-2;2*1-2;;;/h1-4,6H,5,10H2;3-6H,1,10H2,2H3;3H,4-5H2,1-2H3;1-2H3;1-2H2;1H2;;/q-1;;-1;;;;;. The van der Waals surface area contributed by atoms with E-state index in [2.05, 4.69) is 55.6 Å². The Morgan fingerprint density at radius 2 is 1.62 bits per heavy atom. The maximum Gasteiger partial charge on any atom is 0 e. The fourth-order valence-corrected chi connectivity index (χ4v) is 2.51. The molecule has 4 N–H and O–H groups in total. The SMILES string of the molecule is C=C.C=C(C)c1ccc(N)cc1.CC.C[CH-]CCSC.NCc1cccc(C2=C[N-]2)c1.[CH2]=[W].[Y]. The predicted molar refractivity (Wildman–Crippen MR) is 154 cm³/mol. The average molecular weight is 726 g/mol. The number of benzene rings is 2. The summed E-state index contributed by atoms with van der Waals surface area (Å²) >= 11 is 3.23. The summed E-state index contributed by atoms with van der Waals surface area (Å²) in [5.41, 5.74) is 17.4. The Morgan fingerprint density at radius 3 is 1.97 bits per heavy atom. The van der Waals surface area contributed by atoms with Gasteiger partial charge in [-0.05, 0) is 47.8 Å². The van der Waals surface area contributed by atoms with Crippen LogP contribution in [0.3, 0.4) is 0 Å². The Morgan fingerprint density at radius 1 is 1.09 bits per heavy atom. The Kier molecular flexibility index (Phi) is 36.0. The van der Waals surface area contributed by atoms with Gasteiger partial charge in [-0.1, -0.05) is 62.4 Å².